The predicted octanol–water partition coefficient (Wildman–Crippen LogP) is 3.99. The molecule has 148 valence electrons. The minimum absolute atomic E-state index is 0.144. The molecule has 1 atom stereocenters. The van der Waals surface area contributed by atoms with Gasteiger partial charge in [0.15, 0.2) is 0 Å². The van der Waals surface area contributed by atoms with Gasteiger partial charge in [-0.2, -0.15) is 0 Å². The van der Waals surface area contributed by atoms with Crippen molar-refractivity contribution in [3.8, 4) is 0 Å². The van der Waals surface area contributed by atoms with Crippen LogP contribution in [-0.4, -0.2) is 47.4 Å². The Kier molecular flexibility index (Phi) is 5.77. The van der Waals surface area contributed by atoms with Crippen LogP contribution in [0.5, 0.6) is 0 Å². The SMILES string of the molecule is Cc1ccc(Cc2cccc(C3CCCN3C(=O)C3CCN(C)CC3)n2)cc1. The second kappa shape index (κ2) is 8.44. The summed E-state index contributed by atoms with van der Waals surface area (Å²) >= 11 is 0. The summed E-state index contributed by atoms with van der Waals surface area (Å²) in [7, 11) is 2.14. The van der Waals surface area contributed by atoms with E-state index in [2.05, 4.69) is 66.2 Å². The molecule has 2 aliphatic heterocycles. The number of aryl methyl sites for hydroxylation is 1. The van der Waals surface area contributed by atoms with Crippen molar-refractivity contribution in [3.05, 3.63) is 65.0 Å². The molecular formula is C24H31N3O. The summed E-state index contributed by atoms with van der Waals surface area (Å²) in [4.78, 5) is 22.6. The van der Waals surface area contributed by atoms with Crippen LogP contribution >= 0.6 is 0 Å². The number of amides is 1. The normalized spacial score (nSPS) is 21.2. The Labute approximate surface area is 168 Å². The molecule has 1 aromatic carbocycles. The van der Waals surface area contributed by atoms with Crippen LogP contribution in [0, 0.1) is 12.8 Å². The number of hydrogen-bond donors (Lipinski definition) is 0. The molecule has 2 aromatic rings. The predicted molar refractivity (Wildman–Crippen MR) is 112 cm³/mol. The Morgan fingerprint density at radius 1 is 1.04 bits per heavy atom. The van der Waals surface area contributed by atoms with E-state index < -0.39 is 0 Å². The van der Waals surface area contributed by atoms with Crippen LogP contribution < -0.4 is 0 Å². The molecule has 2 fully saturated rings. The van der Waals surface area contributed by atoms with E-state index in [1.807, 2.05) is 0 Å². The molecule has 1 aromatic heterocycles. The molecule has 2 aliphatic rings. The zero-order valence-corrected chi connectivity index (χ0v) is 17.1. The van der Waals surface area contributed by atoms with E-state index in [1.165, 1.54) is 11.1 Å². The summed E-state index contributed by atoms with van der Waals surface area (Å²) in [6, 6.07) is 15.1. The lowest BCUT2D eigenvalue weighted by atomic mass is 9.95. The number of aromatic nitrogens is 1. The molecule has 4 rings (SSSR count). The highest BCUT2D eigenvalue weighted by molar-refractivity contribution is 5.79. The lowest BCUT2D eigenvalue weighted by Crippen LogP contribution is -2.41. The molecule has 2 saturated heterocycles. The number of carbonyl (C=O) groups is 1. The van der Waals surface area contributed by atoms with Gasteiger partial charge in [-0.1, -0.05) is 35.9 Å². The van der Waals surface area contributed by atoms with Gasteiger partial charge in [-0.15, -0.1) is 0 Å². The number of rotatable bonds is 4. The first-order valence-corrected chi connectivity index (χ1v) is 10.6. The van der Waals surface area contributed by atoms with Gasteiger partial charge in [0.05, 0.1) is 11.7 Å². The monoisotopic (exact) mass is 377 g/mol. The Hall–Kier alpha value is -2.20. The van der Waals surface area contributed by atoms with E-state index in [1.54, 1.807) is 0 Å². The first-order valence-electron chi connectivity index (χ1n) is 10.6. The summed E-state index contributed by atoms with van der Waals surface area (Å²) in [5.74, 6) is 0.536. The molecule has 0 N–H and O–H groups in total. The molecule has 0 spiro atoms. The summed E-state index contributed by atoms with van der Waals surface area (Å²) in [6.45, 7) is 5.04. The number of piperidine rings is 1. The van der Waals surface area contributed by atoms with Gasteiger partial charge in [0.1, 0.15) is 0 Å². The number of likely N-dealkylation sites (tertiary alicyclic amines) is 2. The third-order valence-corrected chi connectivity index (χ3v) is 6.28. The molecule has 0 radical (unpaired) electrons. The maximum absolute atomic E-state index is 13.2. The third-order valence-electron chi connectivity index (χ3n) is 6.28. The van der Waals surface area contributed by atoms with E-state index in [-0.39, 0.29) is 12.0 Å². The topological polar surface area (TPSA) is 36.4 Å². The van der Waals surface area contributed by atoms with Gasteiger partial charge in [0.25, 0.3) is 0 Å². The first kappa shape index (κ1) is 19.1. The van der Waals surface area contributed by atoms with Crippen molar-refractivity contribution >= 4 is 5.91 Å². The van der Waals surface area contributed by atoms with E-state index >= 15 is 0 Å². The number of hydrogen-bond acceptors (Lipinski definition) is 3. The standard InChI is InChI=1S/C24H31N3O/c1-18-8-10-19(11-9-18)17-21-5-3-6-22(25-21)23-7-4-14-27(23)24(28)20-12-15-26(2)16-13-20/h3,5-6,8-11,20,23H,4,7,12-17H2,1-2H3. The Bertz CT molecular complexity index is 809. The van der Waals surface area contributed by atoms with Crippen LogP contribution in [0.25, 0.3) is 0 Å². The third kappa shape index (κ3) is 4.27. The molecule has 4 nitrogen and oxygen atoms in total. The molecule has 0 aliphatic carbocycles. The minimum atomic E-state index is 0.144. The average Bonchev–Trinajstić information content (AvgIpc) is 3.20. The number of benzene rings is 1. The van der Waals surface area contributed by atoms with Crippen molar-refractivity contribution < 1.29 is 4.79 Å². The Balaban J connectivity index is 1.48. The summed E-state index contributed by atoms with van der Waals surface area (Å²) in [6.07, 6.45) is 4.91. The van der Waals surface area contributed by atoms with E-state index in [0.717, 1.165) is 63.1 Å². The largest absolute Gasteiger partial charge is 0.334 e. The van der Waals surface area contributed by atoms with Crippen LogP contribution in [0.4, 0.5) is 0 Å². The second-order valence-electron chi connectivity index (χ2n) is 8.48. The number of pyridine rings is 1. The Morgan fingerprint density at radius 2 is 1.79 bits per heavy atom. The van der Waals surface area contributed by atoms with E-state index in [4.69, 9.17) is 4.98 Å². The molecule has 3 heterocycles. The fourth-order valence-electron chi connectivity index (χ4n) is 4.53. The summed E-state index contributed by atoms with van der Waals surface area (Å²) < 4.78 is 0. The quantitative estimate of drug-likeness (QED) is 0.808. The van der Waals surface area contributed by atoms with Crippen LogP contribution in [-0.2, 0) is 11.2 Å². The maximum Gasteiger partial charge on any atom is 0.226 e. The van der Waals surface area contributed by atoms with Crippen molar-refractivity contribution in [2.45, 2.75) is 45.1 Å². The highest BCUT2D eigenvalue weighted by Gasteiger charge is 2.35. The molecule has 28 heavy (non-hydrogen) atoms. The van der Waals surface area contributed by atoms with Crippen molar-refractivity contribution in [1.82, 2.24) is 14.8 Å². The average molecular weight is 378 g/mol. The highest BCUT2D eigenvalue weighted by Crippen LogP contribution is 2.34. The van der Waals surface area contributed by atoms with Crippen LogP contribution in [0.2, 0.25) is 0 Å². The minimum Gasteiger partial charge on any atom is -0.334 e. The number of nitrogens with zero attached hydrogens (tertiary/aromatic N) is 3. The Morgan fingerprint density at radius 3 is 2.54 bits per heavy atom. The number of carbonyl (C=O) groups excluding carboxylic acids is 1. The van der Waals surface area contributed by atoms with E-state index in [0.29, 0.717) is 5.91 Å². The van der Waals surface area contributed by atoms with Gasteiger partial charge in [-0.25, -0.2) is 0 Å². The van der Waals surface area contributed by atoms with Gasteiger partial charge in [-0.05, 0) is 70.4 Å². The zero-order valence-electron chi connectivity index (χ0n) is 17.1. The van der Waals surface area contributed by atoms with Crippen molar-refractivity contribution in [3.63, 3.8) is 0 Å². The van der Waals surface area contributed by atoms with Crippen molar-refractivity contribution in [1.29, 1.82) is 0 Å². The van der Waals surface area contributed by atoms with E-state index in [9.17, 15) is 4.79 Å². The van der Waals surface area contributed by atoms with Gasteiger partial charge in [-0.3, -0.25) is 9.78 Å². The van der Waals surface area contributed by atoms with Gasteiger partial charge < -0.3 is 9.80 Å². The maximum atomic E-state index is 13.2. The zero-order chi connectivity index (χ0) is 19.5. The highest BCUT2D eigenvalue weighted by atomic mass is 16.2. The van der Waals surface area contributed by atoms with Crippen LogP contribution in [0.3, 0.4) is 0 Å². The molecule has 0 saturated carbocycles. The lowest BCUT2D eigenvalue weighted by molar-refractivity contribution is -0.138. The molecule has 1 amide bonds. The lowest BCUT2D eigenvalue weighted by Gasteiger charge is -2.33. The van der Waals surface area contributed by atoms with Crippen LogP contribution in [0.15, 0.2) is 42.5 Å². The fourth-order valence-corrected chi connectivity index (χ4v) is 4.53. The molecule has 0 bridgehead atoms. The summed E-state index contributed by atoms with van der Waals surface area (Å²) in [5.41, 5.74) is 4.70. The van der Waals surface area contributed by atoms with Crippen LogP contribution in [0.1, 0.15) is 54.2 Å². The van der Waals surface area contributed by atoms with Gasteiger partial charge in [0.2, 0.25) is 5.91 Å². The smallest absolute Gasteiger partial charge is 0.226 e. The first-order chi connectivity index (χ1) is 13.6. The van der Waals surface area contributed by atoms with Gasteiger partial charge in [0, 0.05) is 24.6 Å². The summed E-state index contributed by atoms with van der Waals surface area (Å²) in [5, 5.41) is 0. The van der Waals surface area contributed by atoms with Crippen molar-refractivity contribution in [2.24, 2.45) is 5.92 Å². The van der Waals surface area contributed by atoms with Gasteiger partial charge >= 0.3 is 0 Å². The van der Waals surface area contributed by atoms with Crippen molar-refractivity contribution in [2.75, 3.05) is 26.7 Å². The molecule has 4 heteroatoms. The molecule has 1 unspecified atom stereocenters. The fraction of sp³-hybridized carbons (Fsp3) is 0.500. The second-order valence-corrected chi connectivity index (χ2v) is 8.48. The molecular weight excluding hydrogens is 346 g/mol.